The summed E-state index contributed by atoms with van der Waals surface area (Å²) in [6, 6.07) is 0. The number of aliphatic carboxylic acids is 1. The van der Waals surface area contributed by atoms with Gasteiger partial charge >= 0.3 is 11.9 Å². The van der Waals surface area contributed by atoms with Crippen LogP contribution in [0.15, 0.2) is 24.3 Å². The molecule has 0 heterocycles. The van der Waals surface area contributed by atoms with Crippen molar-refractivity contribution in [3.8, 4) is 0 Å². The largest absolute Gasteiger partial charge is 0.481 e. The second kappa shape index (κ2) is 33.9. The molecule has 0 fully saturated rings. The van der Waals surface area contributed by atoms with Crippen molar-refractivity contribution < 1.29 is 19.4 Å². The van der Waals surface area contributed by atoms with E-state index in [1.807, 2.05) is 0 Å². The van der Waals surface area contributed by atoms with E-state index in [1.54, 1.807) is 0 Å². The summed E-state index contributed by atoms with van der Waals surface area (Å²) in [5.74, 6) is -0.727. The van der Waals surface area contributed by atoms with Crippen LogP contribution in [0.2, 0.25) is 0 Å². The molecule has 4 heteroatoms. The summed E-state index contributed by atoms with van der Waals surface area (Å²) < 4.78 is 5.96. The molecule has 4 nitrogen and oxygen atoms in total. The Labute approximate surface area is 261 Å². The van der Waals surface area contributed by atoms with Gasteiger partial charge in [-0.15, -0.1) is 0 Å². The zero-order valence-corrected chi connectivity index (χ0v) is 28.1. The fourth-order valence-corrected chi connectivity index (χ4v) is 5.41. The van der Waals surface area contributed by atoms with Gasteiger partial charge in [0.05, 0.1) is 0 Å². The number of carbonyl (C=O) groups is 2. The van der Waals surface area contributed by atoms with E-state index in [1.165, 1.54) is 103 Å². The summed E-state index contributed by atoms with van der Waals surface area (Å²) in [6.45, 7) is 4.52. The van der Waals surface area contributed by atoms with Gasteiger partial charge in [-0.25, -0.2) is 0 Å². The van der Waals surface area contributed by atoms with E-state index in [4.69, 9.17) is 9.84 Å². The fourth-order valence-electron chi connectivity index (χ4n) is 5.41. The van der Waals surface area contributed by atoms with Crippen LogP contribution in [0, 0.1) is 0 Å². The molecule has 0 radical (unpaired) electrons. The predicted octanol–water partition coefficient (Wildman–Crippen LogP) is 12.4. The highest BCUT2D eigenvalue weighted by Gasteiger charge is 2.14. The number of ether oxygens (including phenoxy) is 1. The first kappa shape index (κ1) is 40.4. The smallest absolute Gasteiger partial charge is 0.306 e. The number of esters is 1. The third-order valence-corrected chi connectivity index (χ3v) is 8.15. The molecule has 0 bridgehead atoms. The molecule has 0 amide bonds. The quantitative estimate of drug-likeness (QED) is 0.0469. The highest BCUT2D eigenvalue weighted by Crippen LogP contribution is 2.18. The molecule has 0 aliphatic heterocycles. The minimum absolute atomic E-state index is 0.0221. The van der Waals surface area contributed by atoms with Crippen molar-refractivity contribution >= 4 is 11.9 Å². The van der Waals surface area contributed by atoms with Crippen LogP contribution in [-0.4, -0.2) is 23.1 Å². The summed E-state index contributed by atoms with van der Waals surface area (Å²) >= 11 is 0. The Bertz CT molecular complexity index is 639. The van der Waals surface area contributed by atoms with Crippen molar-refractivity contribution in [3.05, 3.63) is 24.3 Å². The van der Waals surface area contributed by atoms with Gasteiger partial charge < -0.3 is 9.84 Å². The van der Waals surface area contributed by atoms with E-state index in [-0.39, 0.29) is 18.5 Å². The molecule has 1 unspecified atom stereocenters. The van der Waals surface area contributed by atoms with Crippen LogP contribution in [0.1, 0.15) is 200 Å². The Kier molecular flexibility index (Phi) is 32.6. The summed E-state index contributed by atoms with van der Waals surface area (Å²) in [4.78, 5) is 23.3. The second-order valence-corrected chi connectivity index (χ2v) is 12.4. The van der Waals surface area contributed by atoms with Crippen LogP contribution >= 0.6 is 0 Å². The molecular formula is C38H70O4. The average molecular weight is 591 g/mol. The predicted molar refractivity (Wildman–Crippen MR) is 181 cm³/mol. The Balaban J connectivity index is 4.11. The molecule has 42 heavy (non-hydrogen) atoms. The van der Waals surface area contributed by atoms with Crippen LogP contribution in [0.4, 0.5) is 0 Å². The van der Waals surface area contributed by atoms with Gasteiger partial charge in [0.25, 0.3) is 0 Å². The lowest BCUT2D eigenvalue weighted by atomic mass is 10.0. The second-order valence-electron chi connectivity index (χ2n) is 12.4. The zero-order valence-electron chi connectivity index (χ0n) is 28.1. The fraction of sp³-hybridized carbons (Fsp3) is 0.842. The van der Waals surface area contributed by atoms with Crippen LogP contribution in [0.5, 0.6) is 0 Å². The topological polar surface area (TPSA) is 63.6 Å². The molecule has 0 saturated carbocycles. The van der Waals surface area contributed by atoms with Crippen molar-refractivity contribution in [2.24, 2.45) is 0 Å². The Morgan fingerprint density at radius 2 is 0.881 bits per heavy atom. The average Bonchev–Trinajstić information content (AvgIpc) is 2.97. The third-order valence-electron chi connectivity index (χ3n) is 8.15. The van der Waals surface area contributed by atoms with Gasteiger partial charge in [0.2, 0.25) is 0 Å². The van der Waals surface area contributed by atoms with Gasteiger partial charge in [0, 0.05) is 12.8 Å². The summed E-state index contributed by atoms with van der Waals surface area (Å²) in [7, 11) is 0. The van der Waals surface area contributed by atoms with Gasteiger partial charge in [-0.1, -0.05) is 128 Å². The molecular weight excluding hydrogens is 520 g/mol. The first-order valence-electron chi connectivity index (χ1n) is 18.3. The molecule has 246 valence electrons. The molecule has 0 aromatic heterocycles. The lowest BCUT2D eigenvalue weighted by Crippen LogP contribution is -2.18. The van der Waals surface area contributed by atoms with Gasteiger partial charge in [0.15, 0.2) is 0 Å². The maximum atomic E-state index is 12.6. The normalized spacial score (nSPS) is 12.4. The minimum atomic E-state index is -0.705. The van der Waals surface area contributed by atoms with E-state index >= 15 is 0 Å². The summed E-state index contributed by atoms with van der Waals surface area (Å²) in [6.07, 6.45) is 41.8. The lowest BCUT2D eigenvalue weighted by molar-refractivity contribution is -0.150. The number of hydrogen-bond donors (Lipinski definition) is 1. The Morgan fingerprint density at radius 3 is 1.40 bits per heavy atom. The van der Waals surface area contributed by atoms with Gasteiger partial charge in [-0.3, -0.25) is 9.59 Å². The summed E-state index contributed by atoms with van der Waals surface area (Å²) in [5, 5.41) is 8.79. The molecule has 0 aromatic rings. The van der Waals surface area contributed by atoms with Crippen LogP contribution in [-0.2, 0) is 14.3 Å². The number of hydrogen-bond acceptors (Lipinski definition) is 3. The van der Waals surface area contributed by atoms with E-state index in [0.717, 1.165) is 70.6 Å². The van der Waals surface area contributed by atoms with E-state index in [9.17, 15) is 9.59 Å². The zero-order chi connectivity index (χ0) is 30.8. The minimum Gasteiger partial charge on any atom is -0.481 e. The molecule has 0 aliphatic rings. The number of carboxylic acids is 1. The molecule has 0 rings (SSSR count). The maximum Gasteiger partial charge on any atom is 0.306 e. The van der Waals surface area contributed by atoms with Crippen molar-refractivity contribution in [2.45, 2.75) is 206 Å². The number of rotatable bonds is 33. The highest BCUT2D eigenvalue weighted by atomic mass is 16.5. The number of carbonyl (C=O) groups excluding carboxylic acids is 1. The van der Waals surface area contributed by atoms with Crippen molar-refractivity contribution in [1.82, 2.24) is 0 Å². The van der Waals surface area contributed by atoms with E-state index in [0.29, 0.717) is 6.42 Å². The number of carboxylic acid groups (broad SMARTS) is 1. The lowest BCUT2D eigenvalue weighted by Gasteiger charge is -2.18. The molecule has 0 spiro atoms. The van der Waals surface area contributed by atoms with Crippen LogP contribution in [0.25, 0.3) is 0 Å². The van der Waals surface area contributed by atoms with E-state index in [2.05, 4.69) is 38.2 Å². The Hall–Kier alpha value is -1.58. The standard InChI is InChI=1S/C38H70O4/c1-3-5-7-9-11-13-15-16-18-20-22-27-31-35-38(41)42-36(33-29-25-23-26-30-34-37(39)40)32-28-24-21-19-17-14-12-10-8-6-4-2/h13,15,19,21,36H,3-12,14,16-18,20,22-35H2,1-2H3,(H,39,40)/b15-13-,21-19-. The van der Waals surface area contributed by atoms with Gasteiger partial charge in [-0.05, 0) is 83.5 Å². The molecule has 1 atom stereocenters. The van der Waals surface area contributed by atoms with E-state index < -0.39 is 5.97 Å². The van der Waals surface area contributed by atoms with Crippen LogP contribution < -0.4 is 0 Å². The molecule has 0 saturated heterocycles. The molecule has 0 aromatic carbocycles. The molecule has 0 aliphatic carbocycles. The third kappa shape index (κ3) is 32.9. The maximum absolute atomic E-state index is 12.6. The van der Waals surface area contributed by atoms with Crippen LogP contribution in [0.3, 0.4) is 0 Å². The van der Waals surface area contributed by atoms with Crippen molar-refractivity contribution in [2.75, 3.05) is 0 Å². The first-order valence-corrected chi connectivity index (χ1v) is 18.3. The highest BCUT2D eigenvalue weighted by molar-refractivity contribution is 5.69. The molecule has 1 N–H and O–H groups in total. The number of unbranched alkanes of at least 4 members (excludes halogenated alkanes) is 20. The summed E-state index contributed by atoms with van der Waals surface area (Å²) in [5.41, 5.74) is 0. The number of allylic oxidation sites excluding steroid dienone is 4. The monoisotopic (exact) mass is 591 g/mol. The Morgan fingerprint density at radius 1 is 0.500 bits per heavy atom. The first-order chi connectivity index (χ1) is 20.6. The SMILES string of the molecule is CCCCCC/C=C\CCCCCCCC(=O)OC(CCC/C=C\CCCCCCCC)CCCCCCCC(=O)O. The van der Waals surface area contributed by atoms with Gasteiger partial charge in [-0.2, -0.15) is 0 Å². The van der Waals surface area contributed by atoms with Gasteiger partial charge in [0.1, 0.15) is 6.10 Å². The van der Waals surface area contributed by atoms with Crippen molar-refractivity contribution in [1.29, 1.82) is 0 Å². The van der Waals surface area contributed by atoms with Crippen molar-refractivity contribution in [3.63, 3.8) is 0 Å².